The monoisotopic (exact) mass is 405 g/mol. The van der Waals surface area contributed by atoms with Crippen LogP contribution in [0, 0.1) is 0 Å². The van der Waals surface area contributed by atoms with E-state index in [1.165, 1.54) is 16.2 Å². The molecule has 0 spiro atoms. The van der Waals surface area contributed by atoms with Crippen molar-refractivity contribution in [1.82, 2.24) is 19.6 Å². The van der Waals surface area contributed by atoms with Gasteiger partial charge in [-0.15, -0.1) is 11.3 Å². The molecule has 1 aromatic heterocycles. The Bertz CT molecular complexity index is 800. The molecule has 1 saturated heterocycles. The summed E-state index contributed by atoms with van der Waals surface area (Å²) in [7, 11) is 1.65. The maximum absolute atomic E-state index is 12.8. The maximum atomic E-state index is 12.8. The first-order valence-corrected chi connectivity index (χ1v) is 10.7. The zero-order valence-corrected chi connectivity index (χ0v) is 17.3. The topological polar surface area (TPSA) is 76.2 Å². The highest BCUT2D eigenvalue weighted by atomic mass is 32.1. The molecule has 0 saturated carbocycles. The SMILES string of the molecule is CCN1CCN(CC(=O)N2CCc3c(sc4c3C(=O)N(C)CC(=O)N4)C2)CC1. The highest BCUT2D eigenvalue weighted by Crippen LogP contribution is 2.38. The molecular formula is C19H27N5O3S. The number of fused-ring (bicyclic) bond motifs is 3. The Labute approximate surface area is 169 Å². The third kappa shape index (κ3) is 3.66. The van der Waals surface area contributed by atoms with Gasteiger partial charge in [-0.3, -0.25) is 19.3 Å². The van der Waals surface area contributed by atoms with Gasteiger partial charge in [-0.2, -0.15) is 0 Å². The van der Waals surface area contributed by atoms with E-state index >= 15 is 0 Å². The molecule has 3 aliphatic heterocycles. The number of piperazine rings is 1. The molecule has 3 aliphatic rings. The molecule has 4 rings (SSSR count). The molecule has 0 unspecified atom stereocenters. The molecule has 4 heterocycles. The quantitative estimate of drug-likeness (QED) is 0.783. The van der Waals surface area contributed by atoms with E-state index in [1.807, 2.05) is 4.90 Å². The standard InChI is InChI=1S/C19H27N5O3S/c1-3-22-6-8-23(9-7-22)12-16(26)24-5-4-13-14(10-24)28-18-17(13)19(27)21(2)11-15(25)20-18/h3-12H2,1-2H3,(H,20,25). The Hall–Kier alpha value is -1.97. The molecule has 0 aliphatic carbocycles. The van der Waals surface area contributed by atoms with Crippen LogP contribution in [0.25, 0.3) is 0 Å². The highest BCUT2D eigenvalue weighted by Gasteiger charge is 2.34. The first-order valence-electron chi connectivity index (χ1n) is 9.88. The van der Waals surface area contributed by atoms with Crippen molar-refractivity contribution < 1.29 is 14.4 Å². The minimum atomic E-state index is -0.174. The van der Waals surface area contributed by atoms with Gasteiger partial charge in [0, 0.05) is 44.6 Å². The molecule has 1 fully saturated rings. The number of nitrogens with zero attached hydrogens (tertiary/aromatic N) is 4. The summed E-state index contributed by atoms with van der Waals surface area (Å²) >= 11 is 1.44. The van der Waals surface area contributed by atoms with Crippen molar-refractivity contribution in [3.05, 3.63) is 16.0 Å². The molecule has 8 nitrogen and oxygen atoms in total. The summed E-state index contributed by atoms with van der Waals surface area (Å²) < 4.78 is 0. The van der Waals surface area contributed by atoms with Gasteiger partial charge in [0.25, 0.3) is 5.91 Å². The summed E-state index contributed by atoms with van der Waals surface area (Å²) in [5, 5.41) is 3.49. The van der Waals surface area contributed by atoms with Crippen molar-refractivity contribution in [1.29, 1.82) is 0 Å². The van der Waals surface area contributed by atoms with Gasteiger partial charge in [0.15, 0.2) is 0 Å². The Morgan fingerprint density at radius 1 is 1.07 bits per heavy atom. The minimum Gasteiger partial charge on any atom is -0.336 e. The molecule has 0 radical (unpaired) electrons. The fourth-order valence-corrected chi connectivity index (χ4v) is 5.40. The van der Waals surface area contributed by atoms with Crippen molar-refractivity contribution in [2.75, 3.05) is 64.7 Å². The van der Waals surface area contributed by atoms with Crippen molar-refractivity contribution >= 4 is 34.1 Å². The van der Waals surface area contributed by atoms with Crippen LogP contribution in [0.3, 0.4) is 0 Å². The molecule has 1 N–H and O–H groups in total. The van der Waals surface area contributed by atoms with E-state index in [-0.39, 0.29) is 24.3 Å². The van der Waals surface area contributed by atoms with Gasteiger partial charge in [0.2, 0.25) is 11.8 Å². The van der Waals surface area contributed by atoms with Gasteiger partial charge in [-0.1, -0.05) is 6.92 Å². The maximum Gasteiger partial charge on any atom is 0.257 e. The zero-order chi connectivity index (χ0) is 19.8. The summed E-state index contributed by atoms with van der Waals surface area (Å²) in [5.74, 6) is -0.140. The summed E-state index contributed by atoms with van der Waals surface area (Å²) in [6, 6.07) is 0. The lowest BCUT2D eigenvalue weighted by atomic mass is 10.0. The summed E-state index contributed by atoms with van der Waals surface area (Å²) in [5.41, 5.74) is 1.62. The number of likely N-dealkylation sites (N-methyl/N-ethyl adjacent to an activating group) is 2. The average molecular weight is 406 g/mol. The van der Waals surface area contributed by atoms with Gasteiger partial charge in [0.05, 0.1) is 25.2 Å². The third-order valence-electron chi connectivity index (χ3n) is 5.87. The molecule has 28 heavy (non-hydrogen) atoms. The molecule has 0 aromatic carbocycles. The van der Waals surface area contributed by atoms with Crippen LogP contribution in [0.2, 0.25) is 0 Å². The Morgan fingerprint density at radius 3 is 2.50 bits per heavy atom. The molecular weight excluding hydrogens is 378 g/mol. The predicted molar refractivity (Wildman–Crippen MR) is 108 cm³/mol. The second-order valence-corrected chi connectivity index (χ2v) is 8.80. The molecule has 1 aromatic rings. The van der Waals surface area contributed by atoms with E-state index < -0.39 is 0 Å². The van der Waals surface area contributed by atoms with E-state index in [0.29, 0.717) is 36.6 Å². The van der Waals surface area contributed by atoms with Crippen molar-refractivity contribution in [3.8, 4) is 0 Å². The first kappa shape index (κ1) is 19.4. The largest absolute Gasteiger partial charge is 0.336 e. The second-order valence-electron chi connectivity index (χ2n) is 7.69. The molecule has 3 amide bonds. The fraction of sp³-hybridized carbons (Fsp3) is 0.632. The Balaban J connectivity index is 1.44. The molecule has 152 valence electrons. The van der Waals surface area contributed by atoms with Gasteiger partial charge < -0.3 is 20.0 Å². The number of nitrogens with one attached hydrogen (secondary N) is 1. The van der Waals surface area contributed by atoms with E-state index in [0.717, 1.165) is 43.2 Å². The summed E-state index contributed by atoms with van der Waals surface area (Å²) in [4.78, 5) is 46.5. The predicted octanol–water partition coefficient (Wildman–Crippen LogP) is 0.294. The third-order valence-corrected chi connectivity index (χ3v) is 7.01. The number of carbonyl (C=O) groups excluding carboxylic acids is 3. The first-order chi connectivity index (χ1) is 13.5. The molecule has 0 atom stereocenters. The van der Waals surface area contributed by atoms with E-state index in [9.17, 15) is 14.4 Å². The summed E-state index contributed by atoms with van der Waals surface area (Å²) in [6.07, 6.45) is 0.659. The van der Waals surface area contributed by atoms with Crippen molar-refractivity contribution in [2.24, 2.45) is 0 Å². The lowest BCUT2D eigenvalue weighted by Crippen LogP contribution is -2.50. The Morgan fingerprint density at radius 2 is 1.79 bits per heavy atom. The molecule has 0 bridgehead atoms. The van der Waals surface area contributed by atoms with Crippen LogP contribution in [-0.2, 0) is 22.6 Å². The van der Waals surface area contributed by atoms with Crippen LogP contribution in [0.15, 0.2) is 0 Å². The second kappa shape index (κ2) is 7.81. The number of carbonyl (C=O) groups is 3. The van der Waals surface area contributed by atoms with E-state index in [1.54, 1.807) is 7.05 Å². The number of anilines is 1. The normalized spacial score (nSPS) is 21.2. The zero-order valence-electron chi connectivity index (χ0n) is 16.5. The summed E-state index contributed by atoms with van der Waals surface area (Å²) in [6.45, 7) is 8.78. The number of hydrogen-bond acceptors (Lipinski definition) is 6. The number of hydrogen-bond donors (Lipinski definition) is 1. The van der Waals surface area contributed by atoms with Gasteiger partial charge in [-0.05, 0) is 18.5 Å². The lowest BCUT2D eigenvalue weighted by Gasteiger charge is -2.35. The van der Waals surface area contributed by atoms with Crippen LogP contribution < -0.4 is 5.32 Å². The van der Waals surface area contributed by atoms with Gasteiger partial charge >= 0.3 is 0 Å². The van der Waals surface area contributed by atoms with E-state index in [2.05, 4.69) is 22.0 Å². The van der Waals surface area contributed by atoms with Crippen LogP contribution >= 0.6 is 11.3 Å². The van der Waals surface area contributed by atoms with Crippen molar-refractivity contribution in [3.63, 3.8) is 0 Å². The number of amides is 3. The average Bonchev–Trinajstić information content (AvgIpc) is 2.99. The van der Waals surface area contributed by atoms with Crippen LogP contribution in [0.5, 0.6) is 0 Å². The van der Waals surface area contributed by atoms with Crippen molar-refractivity contribution in [2.45, 2.75) is 19.9 Å². The molecule has 9 heteroatoms. The van der Waals surface area contributed by atoms with Crippen LogP contribution in [-0.4, -0.2) is 96.7 Å². The Kier molecular flexibility index (Phi) is 5.39. The van der Waals surface area contributed by atoms with E-state index in [4.69, 9.17) is 0 Å². The van der Waals surface area contributed by atoms with Gasteiger partial charge in [-0.25, -0.2) is 0 Å². The number of rotatable bonds is 3. The number of thiophene rings is 1. The minimum absolute atomic E-state index is 0.0743. The van der Waals surface area contributed by atoms with Crippen LogP contribution in [0.4, 0.5) is 5.00 Å². The highest BCUT2D eigenvalue weighted by molar-refractivity contribution is 7.17. The fourth-order valence-electron chi connectivity index (χ4n) is 4.13. The van der Waals surface area contributed by atoms with Gasteiger partial charge in [0.1, 0.15) is 5.00 Å². The smallest absolute Gasteiger partial charge is 0.257 e. The van der Waals surface area contributed by atoms with Crippen LogP contribution in [0.1, 0.15) is 27.7 Å². The lowest BCUT2D eigenvalue weighted by molar-refractivity contribution is -0.133.